The van der Waals surface area contributed by atoms with Crippen LogP contribution in [-0.4, -0.2) is 4.98 Å². The Morgan fingerprint density at radius 1 is 1.20 bits per heavy atom. The smallest absolute Gasteiger partial charge is 0.136 e. The largest absolute Gasteiger partial charge is 0.360 e. The molecule has 0 bridgehead atoms. The Kier molecular flexibility index (Phi) is 4.92. The van der Waals surface area contributed by atoms with Gasteiger partial charge < -0.3 is 5.32 Å². The van der Waals surface area contributed by atoms with E-state index < -0.39 is 0 Å². The molecule has 1 aromatic heterocycles. The molecule has 2 aromatic carbocycles. The molecule has 0 unspecified atom stereocenters. The summed E-state index contributed by atoms with van der Waals surface area (Å²) in [5, 5.41) is 15.1. The average molecular weight is 349 g/mol. The molecule has 0 amide bonds. The number of anilines is 1. The maximum atomic E-state index is 13.0. The predicted molar refractivity (Wildman–Crippen MR) is 101 cm³/mol. The highest BCUT2D eigenvalue weighted by Crippen LogP contribution is 2.26. The number of hydrogen-bond acceptors (Lipinski definition) is 4. The first-order chi connectivity index (χ1) is 12.1. The topological polar surface area (TPSA) is 48.7 Å². The fraction of sp³-hybridized carbons (Fsp3) is 0.100. The second kappa shape index (κ2) is 7.29. The number of rotatable bonds is 4. The van der Waals surface area contributed by atoms with E-state index in [1.54, 1.807) is 18.3 Å². The normalized spacial score (nSPS) is 11.2. The number of aromatic nitrogens is 1. The number of nitrogens with zero attached hydrogens (tertiary/aromatic N) is 2. The van der Waals surface area contributed by atoms with Gasteiger partial charge >= 0.3 is 0 Å². The van der Waals surface area contributed by atoms with Crippen molar-refractivity contribution in [1.29, 1.82) is 5.26 Å². The lowest BCUT2D eigenvalue weighted by atomic mass is 10.1. The monoisotopic (exact) mass is 349 g/mol. The van der Waals surface area contributed by atoms with Gasteiger partial charge in [-0.2, -0.15) is 5.26 Å². The SMILES string of the molecule is Cc1cccc(NC=C(C#N)c2nc(-c3ccc(F)cc3)cs2)c1C. The summed E-state index contributed by atoms with van der Waals surface area (Å²) in [6.45, 7) is 4.08. The molecule has 25 heavy (non-hydrogen) atoms. The van der Waals surface area contributed by atoms with Gasteiger partial charge in [0.2, 0.25) is 0 Å². The van der Waals surface area contributed by atoms with Crippen molar-refractivity contribution < 1.29 is 4.39 Å². The van der Waals surface area contributed by atoms with E-state index in [1.165, 1.54) is 29.0 Å². The van der Waals surface area contributed by atoms with Gasteiger partial charge in [0, 0.05) is 22.8 Å². The Labute approximate surface area is 150 Å². The average Bonchev–Trinajstić information content (AvgIpc) is 3.09. The van der Waals surface area contributed by atoms with Gasteiger partial charge in [0.15, 0.2) is 0 Å². The molecular formula is C20H16FN3S. The maximum Gasteiger partial charge on any atom is 0.136 e. The van der Waals surface area contributed by atoms with Crippen molar-refractivity contribution in [1.82, 2.24) is 4.98 Å². The van der Waals surface area contributed by atoms with Crippen LogP contribution < -0.4 is 5.32 Å². The summed E-state index contributed by atoms with van der Waals surface area (Å²) in [5.74, 6) is -0.283. The molecule has 5 heteroatoms. The molecular weight excluding hydrogens is 333 g/mol. The van der Waals surface area contributed by atoms with Crippen molar-refractivity contribution in [2.24, 2.45) is 0 Å². The van der Waals surface area contributed by atoms with E-state index in [0.717, 1.165) is 22.5 Å². The summed E-state index contributed by atoms with van der Waals surface area (Å²) in [7, 11) is 0. The molecule has 3 rings (SSSR count). The van der Waals surface area contributed by atoms with E-state index in [-0.39, 0.29) is 5.82 Å². The number of halogens is 1. The summed E-state index contributed by atoms with van der Waals surface area (Å²) in [6.07, 6.45) is 1.68. The molecule has 0 saturated heterocycles. The molecule has 0 aliphatic rings. The van der Waals surface area contributed by atoms with Crippen LogP contribution in [0.25, 0.3) is 16.8 Å². The van der Waals surface area contributed by atoms with Gasteiger partial charge in [-0.15, -0.1) is 11.3 Å². The molecule has 0 aliphatic carbocycles. The lowest BCUT2D eigenvalue weighted by molar-refractivity contribution is 0.628. The summed E-state index contributed by atoms with van der Waals surface area (Å²) < 4.78 is 13.0. The minimum Gasteiger partial charge on any atom is -0.360 e. The minimum absolute atomic E-state index is 0.283. The molecule has 0 atom stereocenters. The third-order valence-corrected chi connectivity index (χ3v) is 4.85. The van der Waals surface area contributed by atoms with Gasteiger partial charge in [0.05, 0.1) is 5.69 Å². The number of benzene rings is 2. The fourth-order valence-electron chi connectivity index (χ4n) is 2.35. The van der Waals surface area contributed by atoms with Crippen LogP contribution >= 0.6 is 11.3 Å². The first-order valence-electron chi connectivity index (χ1n) is 7.73. The van der Waals surface area contributed by atoms with E-state index >= 15 is 0 Å². The number of nitrogens with one attached hydrogen (secondary N) is 1. The number of thiazole rings is 1. The van der Waals surface area contributed by atoms with Gasteiger partial charge in [-0.1, -0.05) is 12.1 Å². The van der Waals surface area contributed by atoms with Gasteiger partial charge in [0.25, 0.3) is 0 Å². The second-order valence-electron chi connectivity index (χ2n) is 5.61. The van der Waals surface area contributed by atoms with Crippen molar-refractivity contribution in [3.05, 3.63) is 76.0 Å². The van der Waals surface area contributed by atoms with E-state index in [9.17, 15) is 9.65 Å². The Morgan fingerprint density at radius 2 is 1.96 bits per heavy atom. The van der Waals surface area contributed by atoms with Crippen LogP contribution in [0.4, 0.5) is 10.1 Å². The molecule has 3 aromatic rings. The lowest BCUT2D eigenvalue weighted by Crippen LogP contribution is -1.95. The molecule has 0 fully saturated rings. The summed E-state index contributed by atoms with van der Waals surface area (Å²) in [6, 6.07) is 14.3. The van der Waals surface area contributed by atoms with E-state index in [1.807, 2.05) is 37.4 Å². The molecule has 1 N–H and O–H groups in total. The Bertz CT molecular complexity index is 965. The van der Waals surface area contributed by atoms with Crippen LogP contribution in [0.3, 0.4) is 0 Å². The number of aryl methyl sites for hydroxylation is 1. The molecule has 0 spiro atoms. The lowest BCUT2D eigenvalue weighted by Gasteiger charge is -2.08. The molecule has 1 heterocycles. The van der Waals surface area contributed by atoms with Crippen molar-refractivity contribution in [3.8, 4) is 17.3 Å². The number of hydrogen-bond donors (Lipinski definition) is 1. The Hall–Kier alpha value is -2.97. The molecule has 0 saturated carbocycles. The van der Waals surface area contributed by atoms with Gasteiger partial charge in [-0.25, -0.2) is 9.37 Å². The summed E-state index contributed by atoms with van der Waals surface area (Å²) in [5.41, 5.74) is 5.30. The van der Waals surface area contributed by atoms with E-state index in [0.29, 0.717) is 10.6 Å². The highest BCUT2D eigenvalue weighted by Gasteiger charge is 2.09. The third-order valence-electron chi connectivity index (χ3n) is 3.97. The van der Waals surface area contributed by atoms with Crippen LogP contribution in [0.1, 0.15) is 16.1 Å². The fourth-order valence-corrected chi connectivity index (χ4v) is 3.14. The van der Waals surface area contributed by atoms with Gasteiger partial charge in [-0.05, 0) is 55.3 Å². The molecule has 0 aliphatic heterocycles. The van der Waals surface area contributed by atoms with Crippen LogP contribution in [0.5, 0.6) is 0 Å². The molecule has 0 radical (unpaired) electrons. The Balaban J connectivity index is 1.85. The summed E-state index contributed by atoms with van der Waals surface area (Å²) in [4.78, 5) is 4.50. The van der Waals surface area contributed by atoms with Crippen molar-refractivity contribution in [2.45, 2.75) is 13.8 Å². The summed E-state index contributed by atoms with van der Waals surface area (Å²) >= 11 is 1.39. The van der Waals surface area contributed by atoms with Crippen LogP contribution in [-0.2, 0) is 0 Å². The minimum atomic E-state index is -0.283. The quantitative estimate of drug-likeness (QED) is 0.629. The first kappa shape index (κ1) is 16.9. The number of nitriles is 1. The maximum absolute atomic E-state index is 13.0. The standard InChI is InChI=1S/C20H16FN3S/c1-13-4-3-5-18(14(13)2)23-11-16(10-22)20-24-19(12-25-20)15-6-8-17(21)9-7-15/h3-9,11-12,23H,1-2H3. The third kappa shape index (κ3) is 3.76. The molecule has 3 nitrogen and oxygen atoms in total. The van der Waals surface area contributed by atoms with Crippen LogP contribution in [0, 0.1) is 31.0 Å². The first-order valence-corrected chi connectivity index (χ1v) is 8.61. The second-order valence-corrected chi connectivity index (χ2v) is 6.46. The van der Waals surface area contributed by atoms with Crippen molar-refractivity contribution in [2.75, 3.05) is 5.32 Å². The molecule has 124 valence electrons. The van der Waals surface area contributed by atoms with E-state index in [2.05, 4.69) is 16.4 Å². The van der Waals surface area contributed by atoms with Crippen molar-refractivity contribution in [3.63, 3.8) is 0 Å². The highest BCUT2D eigenvalue weighted by atomic mass is 32.1. The predicted octanol–water partition coefficient (Wildman–Crippen LogP) is 5.54. The van der Waals surface area contributed by atoms with Gasteiger partial charge in [-0.3, -0.25) is 0 Å². The zero-order chi connectivity index (χ0) is 17.8. The van der Waals surface area contributed by atoms with Crippen LogP contribution in [0.15, 0.2) is 54.0 Å². The van der Waals surface area contributed by atoms with Crippen molar-refractivity contribution >= 4 is 22.6 Å². The highest BCUT2D eigenvalue weighted by molar-refractivity contribution is 7.11. The Morgan fingerprint density at radius 3 is 2.68 bits per heavy atom. The number of allylic oxidation sites excluding steroid dienone is 1. The van der Waals surface area contributed by atoms with Gasteiger partial charge in [0.1, 0.15) is 22.5 Å². The van der Waals surface area contributed by atoms with E-state index in [4.69, 9.17) is 0 Å². The zero-order valence-electron chi connectivity index (χ0n) is 13.9. The zero-order valence-corrected chi connectivity index (χ0v) is 14.7. The van der Waals surface area contributed by atoms with Crippen LogP contribution in [0.2, 0.25) is 0 Å².